The van der Waals surface area contributed by atoms with Gasteiger partial charge in [-0.25, -0.2) is 0 Å². The molecule has 0 radical (unpaired) electrons. The predicted molar refractivity (Wildman–Crippen MR) is 131 cm³/mol. The van der Waals surface area contributed by atoms with E-state index in [1.807, 2.05) is 27.7 Å². The average Bonchev–Trinajstić information content (AvgIpc) is 3.44. The minimum atomic E-state index is -0.500. The summed E-state index contributed by atoms with van der Waals surface area (Å²) in [7, 11) is 0. The van der Waals surface area contributed by atoms with Crippen LogP contribution >= 0.6 is 0 Å². The van der Waals surface area contributed by atoms with Crippen molar-refractivity contribution in [1.29, 1.82) is 0 Å². The summed E-state index contributed by atoms with van der Waals surface area (Å²) in [6.07, 6.45) is 9.04. The van der Waals surface area contributed by atoms with E-state index >= 15 is 0 Å². The Hall–Kier alpha value is -1.43. The van der Waals surface area contributed by atoms with Gasteiger partial charge < -0.3 is 14.0 Å². The van der Waals surface area contributed by atoms with Crippen molar-refractivity contribution in [1.82, 2.24) is 14.8 Å². The van der Waals surface area contributed by atoms with Crippen molar-refractivity contribution in [3.8, 4) is 0 Å². The molecule has 6 nitrogen and oxygen atoms in total. The molecule has 0 amide bonds. The summed E-state index contributed by atoms with van der Waals surface area (Å²) < 4.78 is 14.1. The molecule has 188 valence electrons. The minimum absolute atomic E-state index is 0.0464. The van der Waals surface area contributed by atoms with E-state index in [0.717, 1.165) is 49.4 Å². The molecule has 1 aromatic rings. The van der Waals surface area contributed by atoms with Gasteiger partial charge in [-0.2, -0.15) is 0 Å². The summed E-state index contributed by atoms with van der Waals surface area (Å²) in [4.78, 5) is 13.0. The Morgan fingerprint density at radius 2 is 1.82 bits per heavy atom. The molecule has 0 aliphatic heterocycles. The second kappa shape index (κ2) is 11.3. The van der Waals surface area contributed by atoms with Gasteiger partial charge in [-0.15, -0.1) is 10.2 Å². The van der Waals surface area contributed by atoms with E-state index in [1.54, 1.807) is 0 Å². The van der Waals surface area contributed by atoms with Crippen molar-refractivity contribution in [3.63, 3.8) is 0 Å². The maximum Gasteiger partial charge on any atom is 0.309 e. The molecule has 2 atom stereocenters. The number of unbranched alkanes of at least 4 members (excludes halogenated alkanes) is 1. The van der Waals surface area contributed by atoms with Gasteiger partial charge in [0.1, 0.15) is 17.2 Å². The average molecular weight is 462 g/mol. The number of carbonyl (C=O) groups is 1. The van der Waals surface area contributed by atoms with Gasteiger partial charge in [-0.05, 0) is 77.6 Å². The molecule has 2 unspecified atom stereocenters. The van der Waals surface area contributed by atoms with Crippen LogP contribution in [0.2, 0.25) is 0 Å². The van der Waals surface area contributed by atoms with Crippen LogP contribution in [0.25, 0.3) is 0 Å². The number of rotatable bonds is 13. The molecule has 3 rings (SSSR count). The van der Waals surface area contributed by atoms with Crippen LogP contribution in [-0.2, 0) is 14.3 Å². The van der Waals surface area contributed by atoms with Gasteiger partial charge in [0.2, 0.25) is 0 Å². The number of esters is 1. The quantitative estimate of drug-likeness (QED) is 0.250. The molecule has 2 aliphatic rings. The Labute approximate surface area is 201 Å². The van der Waals surface area contributed by atoms with Crippen molar-refractivity contribution < 1.29 is 14.3 Å². The molecular formula is C27H47N3O3. The maximum atomic E-state index is 13.0. The Morgan fingerprint density at radius 3 is 2.39 bits per heavy atom. The van der Waals surface area contributed by atoms with Crippen LogP contribution in [0.4, 0.5) is 0 Å². The number of hydrogen-bond acceptors (Lipinski definition) is 5. The molecule has 0 N–H and O–H groups in total. The summed E-state index contributed by atoms with van der Waals surface area (Å²) in [6, 6.07) is 0.489. The molecule has 0 aromatic carbocycles. The van der Waals surface area contributed by atoms with Gasteiger partial charge in [0.15, 0.2) is 0 Å². The van der Waals surface area contributed by atoms with Crippen LogP contribution < -0.4 is 0 Å². The van der Waals surface area contributed by atoms with Crippen LogP contribution in [-0.4, -0.2) is 39.5 Å². The van der Waals surface area contributed by atoms with E-state index in [2.05, 4.69) is 25.3 Å². The zero-order valence-electron chi connectivity index (χ0n) is 22.1. The SMILES string of the molecule is CCCCOCCC(c1nnc([C@H]2C[C@@H](CC(C)C)C2)n1C1CC1)C(C)C(=O)OC(C)(C)C. The van der Waals surface area contributed by atoms with Crippen molar-refractivity contribution in [3.05, 3.63) is 11.6 Å². The Bertz CT molecular complexity index is 757. The van der Waals surface area contributed by atoms with E-state index < -0.39 is 5.60 Å². The van der Waals surface area contributed by atoms with Crippen molar-refractivity contribution in [2.24, 2.45) is 17.8 Å². The summed E-state index contributed by atoms with van der Waals surface area (Å²) >= 11 is 0. The van der Waals surface area contributed by atoms with Gasteiger partial charge in [0.05, 0.1) is 5.92 Å². The van der Waals surface area contributed by atoms with Crippen LogP contribution in [0.1, 0.15) is 129 Å². The van der Waals surface area contributed by atoms with E-state index in [4.69, 9.17) is 19.7 Å². The van der Waals surface area contributed by atoms with E-state index in [0.29, 0.717) is 18.6 Å². The topological polar surface area (TPSA) is 66.2 Å². The summed E-state index contributed by atoms with van der Waals surface area (Å²) in [5, 5.41) is 9.46. The van der Waals surface area contributed by atoms with Crippen molar-refractivity contribution >= 4 is 5.97 Å². The second-order valence-electron chi connectivity index (χ2n) is 11.9. The van der Waals surface area contributed by atoms with Crippen LogP contribution in [0.3, 0.4) is 0 Å². The van der Waals surface area contributed by atoms with Gasteiger partial charge in [-0.1, -0.05) is 34.1 Å². The molecule has 0 spiro atoms. The molecule has 6 heteroatoms. The number of carbonyl (C=O) groups excluding carboxylic acids is 1. The van der Waals surface area contributed by atoms with Gasteiger partial charge in [0, 0.05) is 31.1 Å². The molecule has 1 heterocycles. The molecule has 1 aromatic heterocycles. The lowest BCUT2D eigenvalue weighted by molar-refractivity contribution is -0.160. The number of nitrogens with zero attached hydrogens (tertiary/aromatic N) is 3. The third-order valence-corrected chi connectivity index (χ3v) is 7.00. The van der Waals surface area contributed by atoms with Gasteiger partial charge in [0.25, 0.3) is 0 Å². The fourth-order valence-corrected chi connectivity index (χ4v) is 5.08. The highest BCUT2D eigenvalue weighted by molar-refractivity contribution is 5.73. The zero-order chi connectivity index (χ0) is 24.2. The standard InChI is InChI=1S/C27H47N3O3/c1-8-9-13-32-14-12-23(19(4)26(31)33-27(5,6)7)25-29-28-24(30(25)22-10-11-22)21-16-20(17-21)15-18(2)3/h18-23H,8-17H2,1-7H3/t19?,20-,21+,23?. The zero-order valence-corrected chi connectivity index (χ0v) is 22.1. The highest BCUT2D eigenvalue weighted by atomic mass is 16.6. The van der Waals surface area contributed by atoms with Crippen LogP contribution in [0.5, 0.6) is 0 Å². The molecular weight excluding hydrogens is 414 g/mol. The fraction of sp³-hybridized carbons (Fsp3) is 0.889. The molecule has 2 saturated carbocycles. The normalized spacial score (nSPS) is 22.8. The minimum Gasteiger partial charge on any atom is -0.460 e. The fourth-order valence-electron chi connectivity index (χ4n) is 5.08. The predicted octanol–water partition coefficient (Wildman–Crippen LogP) is 6.42. The van der Waals surface area contributed by atoms with E-state index in [9.17, 15) is 4.79 Å². The lowest BCUT2D eigenvalue weighted by Crippen LogP contribution is -2.32. The number of hydrogen-bond donors (Lipinski definition) is 0. The van der Waals surface area contributed by atoms with Crippen LogP contribution in [0, 0.1) is 17.8 Å². The molecule has 33 heavy (non-hydrogen) atoms. The first-order valence-corrected chi connectivity index (χ1v) is 13.4. The third-order valence-electron chi connectivity index (χ3n) is 7.00. The molecule has 2 fully saturated rings. The first-order chi connectivity index (χ1) is 15.6. The molecule has 2 aliphatic carbocycles. The monoisotopic (exact) mass is 461 g/mol. The Kier molecular flexibility index (Phi) is 8.99. The van der Waals surface area contributed by atoms with Gasteiger partial charge >= 0.3 is 5.97 Å². The lowest BCUT2D eigenvalue weighted by atomic mass is 9.71. The van der Waals surface area contributed by atoms with Gasteiger partial charge in [-0.3, -0.25) is 4.79 Å². The maximum absolute atomic E-state index is 13.0. The first kappa shape index (κ1) is 26.2. The van der Waals surface area contributed by atoms with Crippen molar-refractivity contribution in [2.45, 2.75) is 123 Å². The number of aromatic nitrogens is 3. The highest BCUT2D eigenvalue weighted by Crippen LogP contribution is 2.48. The Balaban J connectivity index is 1.79. The highest BCUT2D eigenvalue weighted by Gasteiger charge is 2.41. The van der Waals surface area contributed by atoms with E-state index in [1.165, 1.54) is 32.1 Å². The second-order valence-corrected chi connectivity index (χ2v) is 11.9. The molecule has 0 saturated heterocycles. The van der Waals surface area contributed by atoms with Crippen LogP contribution in [0.15, 0.2) is 0 Å². The number of ether oxygens (including phenoxy) is 2. The lowest BCUT2D eigenvalue weighted by Gasteiger charge is -2.36. The first-order valence-electron chi connectivity index (χ1n) is 13.4. The molecule has 0 bridgehead atoms. The Morgan fingerprint density at radius 1 is 1.12 bits per heavy atom. The third kappa shape index (κ3) is 7.27. The summed E-state index contributed by atoms with van der Waals surface area (Å²) in [6.45, 7) is 15.9. The van der Waals surface area contributed by atoms with E-state index in [-0.39, 0.29) is 17.8 Å². The summed E-state index contributed by atoms with van der Waals surface area (Å²) in [5.74, 6) is 3.70. The largest absolute Gasteiger partial charge is 0.460 e. The smallest absolute Gasteiger partial charge is 0.309 e. The van der Waals surface area contributed by atoms with Crippen molar-refractivity contribution in [2.75, 3.05) is 13.2 Å². The summed E-state index contributed by atoms with van der Waals surface area (Å²) in [5.41, 5.74) is -0.500.